The number of ether oxygens (including phenoxy) is 1. The minimum atomic E-state index is -0.362. The smallest absolute Gasteiger partial charge is 0.407 e. The molecule has 0 aromatic rings. The van der Waals surface area contributed by atoms with E-state index in [0.717, 1.165) is 30.7 Å². The third kappa shape index (κ3) is 12.5. The van der Waals surface area contributed by atoms with Crippen LogP contribution in [0, 0.1) is 0 Å². The molecule has 0 fully saturated rings. The van der Waals surface area contributed by atoms with Gasteiger partial charge in [0.15, 0.2) is 0 Å². The highest BCUT2D eigenvalue weighted by Gasteiger charge is 2.20. The second-order valence-corrected chi connectivity index (χ2v) is 6.42. The van der Waals surface area contributed by atoms with E-state index in [-0.39, 0.29) is 11.6 Å². The summed E-state index contributed by atoms with van der Waals surface area (Å²) in [5.41, 5.74) is 0.733. The van der Waals surface area contributed by atoms with Gasteiger partial charge in [-0.25, -0.2) is 4.79 Å². The van der Waals surface area contributed by atoms with Crippen molar-refractivity contribution >= 4 is 17.7 Å². The molecule has 1 amide bonds. The zero-order valence-electron chi connectivity index (χ0n) is 13.7. The molecule has 0 atom stereocenters. The van der Waals surface area contributed by atoms with E-state index in [4.69, 9.17) is 16.3 Å². The van der Waals surface area contributed by atoms with Crippen molar-refractivity contribution < 1.29 is 9.53 Å². The summed E-state index contributed by atoms with van der Waals surface area (Å²) in [7, 11) is 0. The second kappa shape index (κ2) is 11.7. The second-order valence-electron chi connectivity index (χ2n) is 6.04. The van der Waals surface area contributed by atoms with E-state index in [1.165, 1.54) is 19.3 Å². The molecule has 122 valence electrons. The third-order valence-corrected chi connectivity index (χ3v) is 3.48. The molecule has 0 aromatic carbocycles. The average Bonchev–Trinajstić information content (AvgIpc) is 2.40. The molecule has 1 N–H and O–H groups in total. The fourth-order valence-corrected chi connectivity index (χ4v) is 2.18. The molecule has 0 unspecified atom stereocenters. The number of carbonyl (C=O) groups is 1. The van der Waals surface area contributed by atoms with Crippen LogP contribution in [0.3, 0.4) is 0 Å². The van der Waals surface area contributed by atoms with Crippen molar-refractivity contribution in [3.63, 3.8) is 0 Å². The van der Waals surface area contributed by atoms with Gasteiger partial charge in [0.1, 0.15) is 6.61 Å². The number of halogens is 1. The zero-order chi connectivity index (χ0) is 16.1. The Morgan fingerprint density at radius 2 is 1.86 bits per heavy atom. The van der Waals surface area contributed by atoms with Gasteiger partial charge in [-0.2, -0.15) is 0 Å². The molecule has 0 rings (SSSR count). The zero-order valence-corrected chi connectivity index (χ0v) is 14.5. The standard InChI is InChI=1S/C17H30ClNO2/c1-5-11-15(2)14-21-16(20)19-17(3,4)12-9-7-6-8-10-13-18/h5,11H,1,6-10,12-14H2,2-4H3,(H,19,20)/b15-11+. The van der Waals surface area contributed by atoms with E-state index in [1.807, 2.05) is 26.8 Å². The highest BCUT2D eigenvalue weighted by molar-refractivity contribution is 6.17. The Morgan fingerprint density at radius 1 is 1.24 bits per heavy atom. The fourth-order valence-electron chi connectivity index (χ4n) is 2.00. The van der Waals surface area contributed by atoms with Crippen molar-refractivity contribution in [2.45, 2.75) is 64.8 Å². The number of alkyl halides is 1. The lowest BCUT2D eigenvalue weighted by Crippen LogP contribution is -2.43. The number of unbranched alkanes of at least 4 members (excludes halogenated alkanes) is 4. The molecule has 0 saturated carbocycles. The molecule has 0 bridgehead atoms. The van der Waals surface area contributed by atoms with E-state index in [0.29, 0.717) is 6.61 Å². The van der Waals surface area contributed by atoms with Crippen LogP contribution in [0.4, 0.5) is 4.79 Å². The van der Waals surface area contributed by atoms with Gasteiger partial charge in [-0.05, 0) is 39.2 Å². The Balaban J connectivity index is 3.86. The largest absolute Gasteiger partial charge is 0.445 e. The van der Waals surface area contributed by atoms with E-state index < -0.39 is 0 Å². The molecular weight excluding hydrogens is 286 g/mol. The molecule has 0 aliphatic carbocycles. The van der Waals surface area contributed by atoms with Crippen molar-refractivity contribution in [3.05, 3.63) is 24.3 Å². The summed E-state index contributed by atoms with van der Waals surface area (Å²) in [4.78, 5) is 11.7. The minimum Gasteiger partial charge on any atom is -0.445 e. The summed E-state index contributed by atoms with van der Waals surface area (Å²) >= 11 is 5.65. The third-order valence-electron chi connectivity index (χ3n) is 3.21. The maximum atomic E-state index is 11.7. The number of allylic oxidation sites excluding steroid dienone is 2. The lowest BCUT2D eigenvalue weighted by molar-refractivity contribution is 0.143. The molecule has 0 heterocycles. The average molecular weight is 316 g/mol. The Kier molecular flexibility index (Phi) is 11.1. The topological polar surface area (TPSA) is 38.3 Å². The Hall–Kier alpha value is -0.960. The Labute approximate surface area is 134 Å². The van der Waals surface area contributed by atoms with Crippen LogP contribution in [0.1, 0.15) is 59.3 Å². The first-order chi connectivity index (χ1) is 9.91. The van der Waals surface area contributed by atoms with Gasteiger partial charge in [-0.1, -0.05) is 44.4 Å². The molecule has 4 heteroatoms. The highest BCUT2D eigenvalue weighted by atomic mass is 35.5. The van der Waals surface area contributed by atoms with Gasteiger partial charge >= 0.3 is 6.09 Å². The number of amides is 1. The van der Waals surface area contributed by atoms with Crippen molar-refractivity contribution in [2.24, 2.45) is 0 Å². The van der Waals surface area contributed by atoms with Crippen LogP contribution in [0.25, 0.3) is 0 Å². The van der Waals surface area contributed by atoms with Gasteiger partial charge < -0.3 is 10.1 Å². The molecular formula is C17H30ClNO2. The van der Waals surface area contributed by atoms with Crippen LogP contribution in [0.2, 0.25) is 0 Å². The lowest BCUT2D eigenvalue weighted by atomic mass is 9.96. The monoisotopic (exact) mass is 315 g/mol. The summed E-state index contributed by atoms with van der Waals surface area (Å²) in [5, 5.41) is 2.92. The van der Waals surface area contributed by atoms with Gasteiger partial charge in [0.05, 0.1) is 0 Å². The van der Waals surface area contributed by atoms with Crippen molar-refractivity contribution in [1.82, 2.24) is 5.32 Å². The molecule has 3 nitrogen and oxygen atoms in total. The van der Waals surface area contributed by atoms with Crippen LogP contribution in [-0.2, 0) is 4.74 Å². The van der Waals surface area contributed by atoms with Gasteiger partial charge in [0.2, 0.25) is 0 Å². The van der Waals surface area contributed by atoms with E-state index in [2.05, 4.69) is 11.9 Å². The molecule has 0 saturated heterocycles. The molecule has 0 aromatic heterocycles. The van der Waals surface area contributed by atoms with Gasteiger partial charge in [0, 0.05) is 11.4 Å². The predicted octanol–water partition coefficient (Wildman–Crippen LogP) is 5.20. The molecule has 0 aliphatic rings. The van der Waals surface area contributed by atoms with E-state index in [9.17, 15) is 4.79 Å². The van der Waals surface area contributed by atoms with Crippen molar-refractivity contribution in [2.75, 3.05) is 12.5 Å². The predicted molar refractivity (Wildman–Crippen MR) is 90.9 cm³/mol. The van der Waals surface area contributed by atoms with Gasteiger partial charge in [0.25, 0.3) is 0 Å². The maximum absolute atomic E-state index is 11.7. The van der Waals surface area contributed by atoms with Gasteiger partial charge in [-0.3, -0.25) is 0 Å². The van der Waals surface area contributed by atoms with Crippen LogP contribution in [0.15, 0.2) is 24.3 Å². The summed E-state index contributed by atoms with van der Waals surface area (Å²) in [6.45, 7) is 9.86. The minimum absolute atomic E-state index is 0.236. The van der Waals surface area contributed by atoms with Crippen LogP contribution >= 0.6 is 11.6 Å². The highest BCUT2D eigenvalue weighted by Crippen LogP contribution is 2.15. The number of hydrogen-bond acceptors (Lipinski definition) is 2. The molecule has 0 aliphatic heterocycles. The summed E-state index contributed by atoms with van der Waals surface area (Å²) in [5.74, 6) is 0.749. The first-order valence-electron chi connectivity index (χ1n) is 7.70. The maximum Gasteiger partial charge on any atom is 0.407 e. The van der Waals surface area contributed by atoms with Crippen molar-refractivity contribution in [1.29, 1.82) is 0 Å². The first kappa shape index (κ1) is 20.0. The summed E-state index contributed by atoms with van der Waals surface area (Å²) < 4.78 is 5.17. The number of hydrogen-bond donors (Lipinski definition) is 1. The lowest BCUT2D eigenvalue weighted by Gasteiger charge is -2.25. The Bertz CT molecular complexity index is 338. The summed E-state index contributed by atoms with van der Waals surface area (Å²) in [6, 6.07) is 0. The Morgan fingerprint density at radius 3 is 2.48 bits per heavy atom. The molecule has 0 spiro atoms. The number of carbonyl (C=O) groups excluding carboxylic acids is 1. The molecule has 21 heavy (non-hydrogen) atoms. The van der Waals surface area contributed by atoms with Crippen LogP contribution in [0.5, 0.6) is 0 Å². The van der Waals surface area contributed by atoms with E-state index in [1.54, 1.807) is 6.08 Å². The van der Waals surface area contributed by atoms with Gasteiger partial charge in [-0.15, -0.1) is 11.6 Å². The quantitative estimate of drug-likeness (QED) is 0.323. The van der Waals surface area contributed by atoms with E-state index >= 15 is 0 Å². The van der Waals surface area contributed by atoms with Crippen LogP contribution in [-0.4, -0.2) is 24.1 Å². The SMILES string of the molecule is C=C/C=C(\C)COC(=O)NC(C)(C)CCCCCCCCl. The number of alkyl carbamates (subject to hydrolysis) is 1. The number of nitrogens with one attached hydrogen (secondary N) is 1. The number of rotatable bonds is 11. The molecule has 0 radical (unpaired) electrons. The fraction of sp³-hybridized carbons (Fsp3) is 0.706. The van der Waals surface area contributed by atoms with Crippen molar-refractivity contribution in [3.8, 4) is 0 Å². The van der Waals surface area contributed by atoms with Crippen LogP contribution < -0.4 is 5.32 Å². The first-order valence-corrected chi connectivity index (χ1v) is 8.24. The normalized spacial score (nSPS) is 12.1. The summed E-state index contributed by atoms with van der Waals surface area (Å²) in [6.07, 6.45) is 9.87.